The van der Waals surface area contributed by atoms with Crippen LogP contribution in [0, 0.1) is 0 Å². The van der Waals surface area contributed by atoms with E-state index in [0.29, 0.717) is 0 Å². The van der Waals surface area contributed by atoms with Crippen molar-refractivity contribution in [1.82, 2.24) is 0 Å². The van der Waals surface area contributed by atoms with Crippen molar-refractivity contribution in [1.29, 1.82) is 0 Å². The van der Waals surface area contributed by atoms with Gasteiger partial charge in [0.25, 0.3) is 0 Å². The summed E-state index contributed by atoms with van der Waals surface area (Å²) in [5.74, 6) is 0. The van der Waals surface area contributed by atoms with E-state index in [2.05, 4.69) is 13.8 Å². The Balaban J connectivity index is 3.46. The summed E-state index contributed by atoms with van der Waals surface area (Å²) in [7, 11) is 0. The van der Waals surface area contributed by atoms with Crippen molar-refractivity contribution in [3.05, 3.63) is 0 Å². The van der Waals surface area contributed by atoms with Gasteiger partial charge in [0.2, 0.25) is 0 Å². The summed E-state index contributed by atoms with van der Waals surface area (Å²) < 4.78 is 5.51. The molecule has 0 spiro atoms. The molecule has 2 unspecified atom stereocenters. The zero-order valence-electron chi connectivity index (χ0n) is 10.1. The predicted molar refractivity (Wildman–Crippen MR) is 61.9 cm³/mol. The number of unbranched alkanes of at least 4 members (excludes halogenated alkanes) is 3. The van der Waals surface area contributed by atoms with Crippen molar-refractivity contribution in [3.63, 3.8) is 0 Å². The highest BCUT2D eigenvalue weighted by molar-refractivity contribution is 4.58. The fourth-order valence-corrected chi connectivity index (χ4v) is 1.50. The van der Waals surface area contributed by atoms with E-state index in [1.165, 1.54) is 25.7 Å². The van der Waals surface area contributed by atoms with Crippen LogP contribution in [-0.2, 0) is 4.74 Å². The van der Waals surface area contributed by atoms with Gasteiger partial charge < -0.3 is 14.9 Å². The maximum atomic E-state index is 9.14. The van der Waals surface area contributed by atoms with Crippen LogP contribution in [-0.4, -0.2) is 35.6 Å². The molecule has 0 rings (SSSR count). The third kappa shape index (κ3) is 8.85. The lowest BCUT2D eigenvalue weighted by Crippen LogP contribution is -2.24. The van der Waals surface area contributed by atoms with Crippen LogP contribution in [0.2, 0.25) is 0 Å². The van der Waals surface area contributed by atoms with Gasteiger partial charge in [-0.2, -0.15) is 0 Å². The van der Waals surface area contributed by atoms with E-state index in [1.807, 2.05) is 0 Å². The van der Waals surface area contributed by atoms with Crippen molar-refractivity contribution >= 4 is 0 Å². The average molecular weight is 218 g/mol. The molecule has 0 aromatic heterocycles. The van der Waals surface area contributed by atoms with Gasteiger partial charge in [-0.05, 0) is 12.8 Å². The van der Waals surface area contributed by atoms with E-state index < -0.39 is 6.10 Å². The Labute approximate surface area is 93.5 Å². The Hall–Kier alpha value is -0.120. The van der Waals surface area contributed by atoms with Crippen molar-refractivity contribution in [3.8, 4) is 0 Å². The summed E-state index contributed by atoms with van der Waals surface area (Å²) in [6.07, 6.45) is 6.55. The Bertz CT molecular complexity index is 128. The second kappa shape index (κ2) is 10.4. The third-order valence-corrected chi connectivity index (χ3v) is 2.57. The minimum atomic E-state index is -0.727. The highest BCUT2D eigenvalue weighted by Crippen LogP contribution is 2.11. The van der Waals surface area contributed by atoms with Crippen LogP contribution in [0.5, 0.6) is 0 Å². The van der Waals surface area contributed by atoms with Gasteiger partial charge in [0.15, 0.2) is 0 Å². The second-order valence-corrected chi connectivity index (χ2v) is 4.05. The molecule has 2 atom stereocenters. The monoisotopic (exact) mass is 218 g/mol. The molecule has 0 aromatic rings. The normalized spacial score (nSPS) is 15.2. The fourth-order valence-electron chi connectivity index (χ4n) is 1.50. The van der Waals surface area contributed by atoms with Crippen LogP contribution in [0.25, 0.3) is 0 Å². The highest BCUT2D eigenvalue weighted by atomic mass is 16.5. The van der Waals surface area contributed by atoms with Crippen molar-refractivity contribution < 1.29 is 14.9 Å². The largest absolute Gasteiger partial charge is 0.394 e. The number of hydrogen-bond donors (Lipinski definition) is 2. The lowest BCUT2D eigenvalue weighted by molar-refractivity contribution is -0.0327. The summed E-state index contributed by atoms with van der Waals surface area (Å²) >= 11 is 0. The molecule has 0 saturated heterocycles. The first-order valence-corrected chi connectivity index (χ1v) is 6.15. The smallest absolute Gasteiger partial charge is 0.100 e. The maximum Gasteiger partial charge on any atom is 0.100 e. The van der Waals surface area contributed by atoms with Crippen molar-refractivity contribution in [2.45, 2.75) is 64.6 Å². The Morgan fingerprint density at radius 1 is 1.13 bits per heavy atom. The van der Waals surface area contributed by atoms with Crippen LogP contribution in [0.15, 0.2) is 0 Å². The molecule has 92 valence electrons. The van der Waals surface area contributed by atoms with Crippen LogP contribution in [0.1, 0.15) is 52.4 Å². The zero-order valence-corrected chi connectivity index (χ0v) is 10.1. The number of aliphatic hydroxyl groups is 2. The molecule has 0 aliphatic rings. The van der Waals surface area contributed by atoms with E-state index >= 15 is 0 Å². The minimum absolute atomic E-state index is 0.216. The highest BCUT2D eigenvalue weighted by Gasteiger charge is 2.09. The van der Waals surface area contributed by atoms with Gasteiger partial charge >= 0.3 is 0 Å². The van der Waals surface area contributed by atoms with Gasteiger partial charge in [0.1, 0.15) is 6.10 Å². The zero-order chi connectivity index (χ0) is 11.5. The SMILES string of the molecule is CCCCCCC(CC)OCC(O)CO. The summed E-state index contributed by atoms with van der Waals surface area (Å²) in [5.41, 5.74) is 0. The molecule has 0 bridgehead atoms. The standard InChI is InChI=1S/C12H26O3/c1-3-5-6-7-8-12(4-2)15-10-11(14)9-13/h11-14H,3-10H2,1-2H3. The van der Waals surface area contributed by atoms with Gasteiger partial charge in [-0.15, -0.1) is 0 Å². The number of aliphatic hydroxyl groups excluding tert-OH is 2. The molecule has 0 aliphatic heterocycles. The molecule has 0 radical (unpaired) electrons. The Morgan fingerprint density at radius 3 is 2.40 bits per heavy atom. The number of hydrogen-bond acceptors (Lipinski definition) is 3. The van der Waals surface area contributed by atoms with Crippen LogP contribution in [0.4, 0.5) is 0 Å². The Kier molecular flexibility index (Phi) is 10.3. The maximum absolute atomic E-state index is 9.14. The lowest BCUT2D eigenvalue weighted by Gasteiger charge is -2.17. The van der Waals surface area contributed by atoms with Gasteiger partial charge in [-0.25, -0.2) is 0 Å². The summed E-state index contributed by atoms with van der Waals surface area (Å²) in [5, 5.41) is 17.8. The topological polar surface area (TPSA) is 49.7 Å². The molecule has 0 saturated carbocycles. The fraction of sp³-hybridized carbons (Fsp3) is 1.00. The first-order chi connectivity index (χ1) is 7.24. The molecule has 3 nitrogen and oxygen atoms in total. The summed E-state index contributed by atoms with van der Waals surface area (Å²) in [6.45, 7) is 4.33. The van der Waals surface area contributed by atoms with E-state index in [-0.39, 0.29) is 19.3 Å². The first kappa shape index (κ1) is 14.9. The number of rotatable bonds is 10. The Morgan fingerprint density at radius 2 is 1.87 bits per heavy atom. The third-order valence-electron chi connectivity index (χ3n) is 2.57. The van der Waals surface area contributed by atoms with Crippen LogP contribution >= 0.6 is 0 Å². The van der Waals surface area contributed by atoms with E-state index in [4.69, 9.17) is 14.9 Å². The molecule has 0 aromatic carbocycles. The lowest BCUT2D eigenvalue weighted by atomic mass is 10.1. The van der Waals surface area contributed by atoms with Gasteiger partial charge in [-0.3, -0.25) is 0 Å². The molecule has 0 fully saturated rings. The number of ether oxygens (including phenoxy) is 1. The second-order valence-electron chi connectivity index (χ2n) is 4.05. The van der Waals surface area contributed by atoms with Gasteiger partial charge in [-0.1, -0.05) is 39.5 Å². The quantitative estimate of drug-likeness (QED) is 0.552. The summed E-state index contributed by atoms with van der Waals surface area (Å²) in [4.78, 5) is 0. The molecule has 0 aliphatic carbocycles. The van der Waals surface area contributed by atoms with Crippen molar-refractivity contribution in [2.24, 2.45) is 0 Å². The molecular weight excluding hydrogens is 192 g/mol. The molecule has 15 heavy (non-hydrogen) atoms. The summed E-state index contributed by atoms with van der Waals surface area (Å²) in [6, 6.07) is 0. The molecule has 3 heteroatoms. The predicted octanol–water partition coefficient (Wildman–Crippen LogP) is 2.11. The van der Waals surface area contributed by atoms with Crippen LogP contribution in [0.3, 0.4) is 0 Å². The minimum Gasteiger partial charge on any atom is -0.394 e. The molecular formula is C12H26O3. The molecule has 0 amide bonds. The molecule has 2 N–H and O–H groups in total. The van der Waals surface area contributed by atoms with E-state index in [9.17, 15) is 0 Å². The van der Waals surface area contributed by atoms with Crippen molar-refractivity contribution in [2.75, 3.05) is 13.2 Å². The van der Waals surface area contributed by atoms with E-state index in [1.54, 1.807) is 0 Å². The van der Waals surface area contributed by atoms with Gasteiger partial charge in [0.05, 0.1) is 19.3 Å². The first-order valence-electron chi connectivity index (χ1n) is 6.15. The van der Waals surface area contributed by atoms with Gasteiger partial charge in [0, 0.05) is 0 Å². The van der Waals surface area contributed by atoms with E-state index in [0.717, 1.165) is 12.8 Å². The van der Waals surface area contributed by atoms with Crippen LogP contribution < -0.4 is 0 Å². The average Bonchev–Trinajstić information content (AvgIpc) is 2.27. The molecule has 0 heterocycles.